The fourth-order valence-corrected chi connectivity index (χ4v) is 4.55. The molecule has 2 saturated heterocycles. The molecule has 0 radical (unpaired) electrons. The summed E-state index contributed by atoms with van der Waals surface area (Å²) in [6.07, 6.45) is 0.959. The topological polar surface area (TPSA) is 128 Å². The zero-order valence-corrected chi connectivity index (χ0v) is 17.8. The number of unbranched alkanes of at least 4 members (excludes halogenated alkanes) is 1. The van der Waals surface area contributed by atoms with Gasteiger partial charge in [-0.05, 0) is 29.7 Å². The quantitative estimate of drug-likeness (QED) is 0.160. The lowest BCUT2D eigenvalue weighted by Crippen LogP contribution is -2.74. The molecule has 2 aliphatic heterocycles. The molecule has 166 valence electrons. The highest BCUT2D eigenvalue weighted by molar-refractivity contribution is 8.00. The average Bonchev–Trinajstić information content (AvgIpc) is 2.76. The maximum absolute atomic E-state index is 12.7. The highest BCUT2D eigenvalue weighted by Crippen LogP contribution is 2.40. The van der Waals surface area contributed by atoms with E-state index >= 15 is 0 Å². The molecule has 10 nitrogen and oxygen atoms in total. The van der Waals surface area contributed by atoms with Gasteiger partial charge in [-0.15, -0.1) is 11.8 Å². The second-order valence-corrected chi connectivity index (χ2v) is 8.26. The predicted octanol–water partition coefficient (Wildman–Crippen LogP) is 2.37. The van der Waals surface area contributed by atoms with Crippen molar-refractivity contribution in [1.82, 2.24) is 10.2 Å². The van der Waals surface area contributed by atoms with Gasteiger partial charge >= 0.3 is 12.1 Å². The van der Waals surface area contributed by atoms with Crippen molar-refractivity contribution in [2.45, 2.75) is 43.8 Å². The lowest BCUT2D eigenvalue weighted by atomic mass is 9.99. The van der Waals surface area contributed by atoms with Crippen LogP contribution in [0, 0.1) is 10.1 Å². The number of carbonyl (C=O) groups is 3. The summed E-state index contributed by atoms with van der Waals surface area (Å²) in [6.45, 7) is 6.05. The van der Waals surface area contributed by atoms with Crippen LogP contribution >= 0.6 is 11.8 Å². The summed E-state index contributed by atoms with van der Waals surface area (Å²) in [4.78, 5) is 48.8. The minimum absolute atomic E-state index is 0.0615. The fraction of sp³-hybridized carbons (Fsp3) is 0.450. The van der Waals surface area contributed by atoms with Gasteiger partial charge in [-0.3, -0.25) is 14.9 Å². The first-order valence-corrected chi connectivity index (χ1v) is 10.8. The molecule has 2 heterocycles. The van der Waals surface area contributed by atoms with E-state index in [0.29, 0.717) is 16.9 Å². The average molecular weight is 449 g/mol. The van der Waals surface area contributed by atoms with Gasteiger partial charge in [0.25, 0.3) is 5.69 Å². The Morgan fingerprint density at radius 1 is 1.32 bits per heavy atom. The fourth-order valence-electron chi connectivity index (χ4n) is 3.24. The Bertz CT molecular complexity index is 889. The number of alkyl carbamates (subject to hydrolysis) is 1. The summed E-state index contributed by atoms with van der Waals surface area (Å²) in [5, 5.41) is 12.9. The maximum Gasteiger partial charge on any atom is 0.407 e. The number of thioether (sulfide) groups is 1. The molecule has 1 aromatic carbocycles. The standard InChI is InChI=1S/C20H23N3O7S/c1-3-4-9-29-20(26)21-15-17(24)22-16(12(2)11-31-18(15)22)19(25)30-10-13-5-7-14(8-6-13)23(27)28/h5-8,15-16,18H,2-4,9-11H2,1H3,(H,21,26)/t15-,16?,18+/m1/s1. The third kappa shape index (κ3) is 4.98. The SMILES string of the molecule is C=C1CS[C@H]2[C@H](NC(=O)OCCCC)C(=O)N2C1C(=O)OCc1ccc([N+](=O)[O-])cc1. The lowest BCUT2D eigenvalue weighted by Gasteiger charge is -2.52. The molecule has 1 unspecified atom stereocenters. The number of hydrogen-bond donors (Lipinski definition) is 1. The Morgan fingerprint density at radius 3 is 2.68 bits per heavy atom. The smallest absolute Gasteiger partial charge is 0.407 e. The van der Waals surface area contributed by atoms with Crippen LogP contribution in [0.2, 0.25) is 0 Å². The number of benzene rings is 1. The van der Waals surface area contributed by atoms with Crippen LogP contribution in [0.4, 0.5) is 10.5 Å². The summed E-state index contributed by atoms with van der Waals surface area (Å²) in [7, 11) is 0. The first-order valence-electron chi connectivity index (χ1n) is 9.78. The number of esters is 1. The van der Waals surface area contributed by atoms with E-state index in [1.54, 1.807) is 0 Å². The van der Waals surface area contributed by atoms with Crippen molar-refractivity contribution in [3.63, 3.8) is 0 Å². The summed E-state index contributed by atoms with van der Waals surface area (Å²) in [6, 6.07) is 3.94. The molecule has 0 bridgehead atoms. The molecule has 31 heavy (non-hydrogen) atoms. The van der Waals surface area contributed by atoms with Crippen molar-refractivity contribution in [2.24, 2.45) is 0 Å². The number of nitrogens with zero attached hydrogens (tertiary/aromatic N) is 2. The molecule has 3 rings (SSSR count). The van der Waals surface area contributed by atoms with Crippen LogP contribution in [-0.4, -0.2) is 57.6 Å². The van der Waals surface area contributed by atoms with Crippen LogP contribution in [0.15, 0.2) is 36.4 Å². The second-order valence-electron chi connectivity index (χ2n) is 7.15. The Balaban J connectivity index is 1.58. The van der Waals surface area contributed by atoms with Gasteiger partial charge in [0.2, 0.25) is 5.91 Å². The van der Waals surface area contributed by atoms with Gasteiger partial charge < -0.3 is 19.7 Å². The van der Waals surface area contributed by atoms with E-state index in [4.69, 9.17) is 9.47 Å². The van der Waals surface area contributed by atoms with Crippen molar-refractivity contribution >= 4 is 35.4 Å². The molecule has 0 aliphatic carbocycles. The second kappa shape index (κ2) is 9.82. The highest BCUT2D eigenvalue weighted by Gasteiger charge is 2.56. The molecular formula is C20H23N3O7S. The summed E-state index contributed by atoms with van der Waals surface area (Å²) < 4.78 is 10.4. The third-order valence-electron chi connectivity index (χ3n) is 4.94. The number of ether oxygens (including phenoxy) is 2. The van der Waals surface area contributed by atoms with E-state index in [0.717, 1.165) is 12.8 Å². The van der Waals surface area contributed by atoms with E-state index in [1.165, 1.54) is 40.9 Å². The molecule has 2 amide bonds. The number of amides is 2. The van der Waals surface area contributed by atoms with E-state index in [2.05, 4.69) is 11.9 Å². The van der Waals surface area contributed by atoms with Crippen molar-refractivity contribution < 1.29 is 28.8 Å². The van der Waals surface area contributed by atoms with E-state index < -0.39 is 40.4 Å². The molecule has 2 aliphatic rings. The Labute approximate surface area is 183 Å². The Kier molecular flexibility index (Phi) is 7.16. The van der Waals surface area contributed by atoms with E-state index in [1.807, 2.05) is 6.92 Å². The first kappa shape index (κ1) is 22.6. The Morgan fingerprint density at radius 2 is 2.03 bits per heavy atom. The normalized spacial score (nSPS) is 22.2. The molecule has 2 fully saturated rings. The van der Waals surface area contributed by atoms with Crippen molar-refractivity contribution in [3.05, 3.63) is 52.1 Å². The summed E-state index contributed by atoms with van der Waals surface area (Å²) in [5.41, 5.74) is 1.05. The van der Waals surface area contributed by atoms with E-state index in [9.17, 15) is 24.5 Å². The summed E-state index contributed by atoms with van der Waals surface area (Å²) >= 11 is 1.41. The number of rotatable bonds is 8. The van der Waals surface area contributed by atoms with Crippen molar-refractivity contribution in [2.75, 3.05) is 12.4 Å². The number of hydrogen-bond acceptors (Lipinski definition) is 8. The van der Waals surface area contributed by atoms with Gasteiger partial charge in [0.15, 0.2) is 6.04 Å². The summed E-state index contributed by atoms with van der Waals surface area (Å²) in [5.74, 6) is -0.594. The van der Waals surface area contributed by atoms with Gasteiger partial charge in [-0.25, -0.2) is 9.59 Å². The number of non-ortho nitro benzene ring substituents is 1. The number of β-lactam (4-membered cyclic amide) rings is 1. The van der Waals surface area contributed by atoms with Crippen LogP contribution in [0.3, 0.4) is 0 Å². The van der Waals surface area contributed by atoms with Crippen molar-refractivity contribution in [3.8, 4) is 0 Å². The number of nitrogens with one attached hydrogen (secondary N) is 1. The molecule has 3 atom stereocenters. The van der Waals surface area contributed by atoms with Crippen LogP contribution in [0.25, 0.3) is 0 Å². The van der Waals surface area contributed by atoms with Gasteiger partial charge in [-0.1, -0.05) is 19.9 Å². The van der Waals surface area contributed by atoms with Crippen LogP contribution < -0.4 is 5.32 Å². The molecular weight excluding hydrogens is 426 g/mol. The van der Waals surface area contributed by atoms with Gasteiger partial charge in [0.05, 0.1) is 11.5 Å². The minimum Gasteiger partial charge on any atom is -0.459 e. The van der Waals surface area contributed by atoms with Gasteiger partial charge in [0.1, 0.15) is 18.0 Å². The number of fused-ring (bicyclic) bond motifs is 1. The Hall–Kier alpha value is -3.08. The first-order chi connectivity index (χ1) is 14.8. The van der Waals surface area contributed by atoms with Crippen molar-refractivity contribution in [1.29, 1.82) is 0 Å². The number of nitro groups is 1. The lowest BCUT2D eigenvalue weighted by molar-refractivity contribution is -0.384. The van der Waals surface area contributed by atoms with Crippen LogP contribution in [0.5, 0.6) is 0 Å². The van der Waals surface area contributed by atoms with E-state index in [-0.39, 0.29) is 18.9 Å². The molecule has 0 saturated carbocycles. The molecule has 1 aromatic rings. The van der Waals surface area contributed by atoms with Crippen LogP contribution in [-0.2, 0) is 25.7 Å². The molecule has 11 heteroatoms. The van der Waals surface area contributed by atoms with Crippen LogP contribution in [0.1, 0.15) is 25.3 Å². The largest absolute Gasteiger partial charge is 0.459 e. The predicted molar refractivity (Wildman–Crippen MR) is 112 cm³/mol. The maximum atomic E-state index is 12.7. The minimum atomic E-state index is -0.939. The zero-order valence-electron chi connectivity index (χ0n) is 16.9. The highest BCUT2D eigenvalue weighted by atomic mass is 32.2. The van der Waals surface area contributed by atoms with Gasteiger partial charge in [0, 0.05) is 17.9 Å². The molecule has 0 spiro atoms. The third-order valence-corrected chi connectivity index (χ3v) is 6.32. The number of nitro benzene ring substituents is 1. The van der Waals surface area contributed by atoms with Gasteiger partial charge in [-0.2, -0.15) is 0 Å². The monoisotopic (exact) mass is 449 g/mol. The molecule has 0 aromatic heterocycles. The number of carbonyl (C=O) groups excluding carboxylic acids is 3. The molecule has 1 N–H and O–H groups in total. The zero-order chi connectivity index (χ0) is 22.5.